The molecule has 0 radical (unpaired) electrons. The minimum Gasteiger partial charge on any atom is -0.481 e. The molecule has 2 aliphatic heterocycles. The van der Waals surface area contributed by atoms with Gasteiger partial charge in [0.1, 0.15) is 5.75 Å². The van der Waals surface area contributed by atoms with Crippen LogP contribution < -0.4 is 4.74 Å². The number of hydrogen-bond donors (Lipinski definition) is 0. The summed E-state index contributed by atoms with van der Waals surface area (Å²) in [5.41, 5.74) is 1.03. The van der Waals surface area contributed by atoms with Gasteiger partial charge < -0.3 is 9.64 Å². The van der Waals surface area contributed by atoms with Crippen LogP contribution >= 0.6 is 0 Å². The van der Waals surface area contributed by atoms with Gasteiger partial charge in [-0.3, -0.25) is 4.79 Å². The lowest BCUT2D eigenvalue weighted by Gasteiger charge is -2.36. The van der Waals surface area contributed by atoms with Crippen molar-refractivity contribution in [1.29, 1.82) is 0 Å². The minimum atomic E-state index is -3.67. The highest BCUT2D eigenvalue weighted by molar-refractivity contribution is 7.95. The number of amides is 1. The second-order valence-electron chi connectivity index (χ2n) is 7.37. The lowest BCUT2D eigenvalue weighted by atomic mass is 10.2. The molecule has 2 heterocycles. The first-order valence-electron chi connectivity index (χ1n) is 9.30. The standard InChI is InChI=1S/C18H26N2O6S2/c1-14-4-3-5-16(12-14)26-15(2)18(21)19-7-9-20(10-8-19)28(24,25)17-6-11-27(22,23)13-17/h3-5,12,15,17H,6-11,13H2,1-2H3. The molecule has 8 nitrogen and oxygen atoms in total. The Bertz CT molecular complexity index is 937. The van der Waals surface area contributed by atoms with Crippen molar-refractivity contribution in [1.82, 2.24) is 9.21 Å². The van der Waals surface area contributed by atoms with Crippen molar-refractivity contribution < 1.29 is 26.4 Å². The van der Waals surface area contributed by atoms with Gasteiger partial charge in [0.25, 0.3) is 5.91 Å². The van der Waals surface area contributed by atoms with Crippen LogP contribution in [0.3, 0.4) is 0 Å². The Morgan fingerprint density at radius 2 is 1.89 bits per heavy atom. The van der Waals surface area contributed by atoms with Gasteiger partial charge in [0, 0.05) is 26.2 Å². The topological polar surface area (TPSA) is 101 Å². The minimum absolute atomic E-state index is 0.0802. The van der Waals surface area contributed by atoms with E-state index < -0.39 is 31.2 Å². The third-order valence-corrected chi connectivity index (χ3v) is 9.48. The number of ether oxygens (including phenoxy) is 1. The Labute approximate surface area is 166 Å². The fourth-order valence-corrected chi connectivity index (χ4v) is 8.08. The molecule has 3 rings (SSSR count). The maximum atomic E-state index is 12.7. The number of rotatable bonds is 5. The van der Waals surface area contributed by atoms with Crippen molar-refractivity contribution in [2.75, 3.05) is 37.7 Å². The molecule has 0 saturated carbocycles. The van der Waals surface area contributed by atoms with Crippen molar-refractivity contribution in [2.45, 2.75) is 31.6 Å². The van der Waals surface area contributed by atoms with Crippen LogP contribution in [-0.4, -0.2) is 81.0 Å². The number of benzene rings is 1. The van der Waals surface area contributed by atoms with E-state index in [0.717, 1.165) is 5.56 Å². The van der Waals surface area contributed by atoms with Gasteiger partial charge in [-0.25, -0.2) is 16.8 Å². The average Bonchev–Trinajstić information content (AvgIpc) is 3.02. The van der Waals surface area contributed by atoms with Gasteiger partial charge in [-0.15, -0.1) is 0 Å². The van der Waals surface area contributed by atoms with Crippen LogP contribution in [-0.2, 0) is 24.7 Å². The molecule has 1 aromatic carbocycles. The van der Waals surface area contributed by atoms with E-state index in [9.17, 15) is 21.6 Å². The number of carbonyl (C=O) groups is 1. The fraction of sp³-hybridized carbons (Fsp3) is 0.611. The van der Waals surface area contributed by atoms with E-state index in [2.05, 4.69) is 0 Å². The van der Waals surface area contributed by atoms with E-state index in [1.54, 1.807) is 17.9 Å². The van der Waals surface area contributed by atoms with E-state index in [0.29, 0.717) is 5.75 Å². The predicted octanol–water partition coefficient (Wildman–Crippen LogP) is 0.423. The number of sulfonamides is 1. The van der Waals surface area contributed by atoms with Gasteiger partial charge in [-0.2, -0.15) is 4.31 Å². The molecule has 2 unspecified atom stereocenters. The van der Waals surface area contributed by atoms with Crippen LogP contribution in [0.1, 0.15) is 18.9 Å². The summed E-state index contributed by atoms with van der Waals surface area (Å²) >= 11 is 0. The highest BCUT2D eigenvalue weighted by Gasteiger charge is 2.41. The molecule has 0 spiro atoms. The predicted molar refractivity (Wildman–Crippen MR) is 105 cm³/mol. The van der Waals surface area contributed by atoms with Crippen molar-refractivity contribution in [3.63, 3.8) is 0 Å². The molecule has 0 aromatic heterocycles. The molecule has 1 aromatic rings. The molecule has 10 heteroatoms. The van der Waals surface area contributed by atoms with Gasteiger partial charge >= 0.3 is 0 Å². The van der Waals surface area contributed by atoms with Gasteiger partial charge in [-0.05, 0) is 38.0 Å². The van der Waals surface area contributed by atoms with Crippen molar-refractivity contribution in [3.05, 3.63) is 29.8 Å². The van der Waals surface area contributed by atoms with Gasteiger partial charge in [0.2, 0.25) is 10.0 Å². The monoisotopic (exact) mass is 430 g/mol. The van der Waals surface area contributed by atoms with E-state index in [1.807, 2.05) is 25.1 Å². The maximum absolute atomic E-state index is 12.7. The SMILES string of the molecule is Cc1cccc(OC(C)C(=O)N2CCN(S(=O)(=O)C3CCS(=O)(=O)C3)CC2)c1. The Morgan fingerprint density at radius 1 is 1.21 bits per heavy atom. The molecule has 2 saturated heterocycles. The smallest absolute Gasteiger partial charge is 0.263 e. The molecule has 0 aliphatic carbocycles. The van der Waals surface area contributed by atoms with E-state index >= 15 is 0 Å². The molecular formula is C18H26N2O6S2. The molecular weight excluding hydrogens is 404 g/mol. The molecule has 28 heavy (non-hydrogen) atoms. The maximum Gasteiger partial charge on any atom is 0.263 e. The zero-order valence-electron chi connectivity index (χ0n) is 16.1. The summed E-state index contributed by atoms with van der Waals surface area (Å²) < 4.78 is 55.6. The summed E-state index contributed by atoms with van der Waals surface area (Å²) in [5.74, 6) is 0.0328. The van der Waals surface area contributed by atoms with Crippen LogP contribution in [0.5, 0.6) is 5.75 Å². The zero-order chi connectivity index (χ0) is 20.5. The van der Waals surface area contributed by atoms with Crippen LogP contribution in [0.25, 0.3) is 0 Å². The second-order valence-corrected chi connectivity index (χ2v) is 11.8. The summed E-state index contributed by atoms with van der Waals surface area (Å²) in [6.45, 7) is 4.48. The molecule has 2 fully saturated rings. The molecule has 156 valence electrons. The molecule has 0 bridgehead atoms. The third kappa shape index (κ3) is 4.66. The zero-order valence-corrected chi connectivity index (χ0v) is 17.7. The van der Waals surface area contributed by atoms with Crippen molar-refractivity contribution >= 4 is 25.8 Å². The van der Waals surface area contributed by atoms with Crippen LogP contribution in [0.2, 0.25) is 0 Å². The Hall–Kier alpha value is -1.65. The quantitative estimate of drug-likeness (QED) is 0.671. The average molecular weight is 431 g/mol. The van der Waals surface area contributed by atoms with Gasteiger partial charge in [0.05, 0.1) is 16.8 Å². The van der Waals surface area contributed by atoms with Gasteiger partial charge in [0.15, 0.2) is 15.9 Å². The number of sulfone groups is 1. The summed E-state index contributed by atoms with van der Waals surface area (Å²) in [4.78, 5) is 14.2. The van der Waals surface area contributed by atoms with E-state index in [4.69, 9.17) is 4.74 Å². The van der Waals surface area contributed by atoms with Gasteiger partial charge in [-0.1, -0.05) is 12.1 Å². The molecule has 0 N–H and O–H groups in total. The number of aryl methyl sites for hydroxylation is 1. The summed E-state index contributed by atoms with van der Waals surface area (Å²) in [7, 11) is -6.94. The van der Waals surface area contributed by atoms with Crippen LogP contribution in [0.15, 0.2) is 24.3 Å². The molecule has 2 aliphatic rings. The van der Waals surface area contributed by atoms with E-state index in [1.165, 1.54) is 4.31 Å². The van der Waals surface area contributed by atoms with Crippen molar-refractivity contribution in [2.24, 2.45) is 0 Å². The normalized spacial score (nSPS) is 24.1. The third-order valence-electron chi connectivity index (χ3n) is 5.17. The summed E-state index contributed by atoms with van der Waals surface area (Å²) in [6.07, 6.45) is -0.532. The largest absolute Gasteiger partial charge is 0.481 e. The lowest BCUT2D eigenvalue weighted by Crippen LogP contribution is -2.54. The number of nitrogens with zero attached hydrogens (tertiary/aromatic N) is 2. The highest BCUT2D eigenvalue weighted by Crippen LogP contribution is 2.23. The van der Waals surface area contributed by atoms with Crippen LogP contribution in [0, 0.1) is 6.92 Å². The molecule has 2 atom stereocenters. The van der Waals surface area contributed by atoms with E-state index in [-0.39, 0.29) is 50.0 Å². The van der Waals surface area contributed by atoms with Crippen LogP contribution in [0.4, 0.5) is 0 Å². The lowest BCUT2D eigenvalue weighted by molar-refractivity contribution is -0.139. The fourth-order valence-electron chi connectivity index (χ4n) is 3.57. The highest BCUT2D eigenvalue weighted by atomic mass is 32.2. The Morgan fingerprint density at radius 3 is 2.46 bits per heavy atom. The summed E-state index contributed by atoms with van der Waals surface area (Å²) in [6, 6.07) is 7.43. The number of hydrogen-bond acceptors (Lipinski definition) is 6. The first kappa shape index (κ1) is 21.1. The first-order valence-corrected chi connectivity index (χ1v) is 12.6. The molecule has 1 amide bonds. The van der Waals surface area contributed by atoms with Crippen molar-refractivity contribution in [3.8, 4) is 5.75 Å². The second kappa shape index (κ2) is 8.00. The Balaban J connectivity index is 1.56. The summed E-state index contributed by atoms with van der Waals surface area (Å²) in [5, 5.41) is -0.872. The number of carbonyl (C=O) groups excluding carboxylic acids is 1. The first-order chi connectivity index (χ1) is 13.1. The Kier molecular flexibility index (Phi) is 6.02. The number of piperazine rings is 1.